The largest absolute Gasteiger partial charge is 0.489 e. The average molecular weight is 601 g/mol. The number of carbonyl (C=O) groups excluding carboxylic acids is 2. The number of anilines is 1. The molecule has 1 fully saturated rings. The number of hydrogen-bond acceptors (Lipinski definition) is 8. The summed E-state index contributed by atoms with van der Waals surface area (Å²) in [5.74, 6) is 0.809. The van der Waals surface area contributed by atoms with E-state index < -0.39 is 5.91 Å². The number of nitrogens with one attached hydrogen (secondary N) is 1. The molecular weight excluding hydrogens is 560 g/mol. The number of unbranched alkanes of at least 4 members (excludes halogenated alkanes) is 2. The number of hydrogen-bond donors (Lipinski definition) is 2. The van der Waals surface area contributed by atoms with Crippen molar-refractivity contribution in [1.82, 2.24) is 15.3 Å². The third-order valence-corrected chi connectivity index (χ3v) is 6.96. The summed E-state index contributed by atoms with van der Waals surface area (Å²) >= 11 is 0. The molecule has 0 saturated carbocycles. The second-order valence-electron chi connectivity index (χ2n) is 10.3. The van der Waals surface area contributed by atoms with Gasteiger partial charge in [-0.1, -0.05) is 50.1 Å². The van der Waals surface area contributed by atoms with Crippen LogP contribution in [0.5, 0.6) is 17.4 Å². The number of aromatic nitrogens is 2. The Morgan fingerprint density at radius 1 is 1.09 bits per heavy atom. The average Bonchev–Trinajstić information content (AvgIpc) is 3.06. The van der Waals surface area contributed by atoms with Crippen LogP contribution < -0.4 is 25.4 Å². The van der Waals surface area contributed by atoms with Crippen LogP contribution in [0, 0.1) is 5.92 Å². The van der Waals surface area contributed by atoms with Crippen molar-refractivity contribution in [2.45, 2.75) is 45.6 Å². The highest BCUT2D eigenvalue weighted by molar-refractivity contribution is 6.06. The second-order valence-corrected chi connectivity index (χ2v) is 10.3. The van der Waals surface area contributed by atoms with Gasteiger partial charge in [0.25, 0.3) is 5.91 Å². The van der Waals surface area contributed by atoms with E-state index in [0.717, 1.165) is 24.8 Å². The molecule has 0 aliphatic carbocycles. The quantitative estimate of drug-likeness (QED) is 0.148. The molecule has 3 aromatic rings. The molecule has 44 heavy (non-hydrogen) atoms. The number of amides is 2. The summed E-state index contributed by atoms with van der Waals surface area (Å²) in [6.07, 6.45) is 10.4. The summed E-state index contributed by atoms with van der Waals surface area (Å²) in [5.41, 5.74) is 7.05. The van der Waals surface area contributed by atoms with Gasteiger partial charge in [-0.25, -0.2) is 9.97 Å². The van der Waals surface area contributed by atoms with E-state index in [-0.39, 0.29) is 35.7 Å². The number of nitrogens with two attached hydrogens (primary N) is 1. The van der Waals surface area contributed by atoms with Gasteiger partial charge in [-0.3, -0.25) is 14.5 Å². The highest BCUT2D eigenvalue weighted by Crippen LogP contribution is 2.29. The molecule has 1 aromatic heterocycles. The molecule has 2 heterocycles. The molecule has 0 unspecified atom stereocenters. The second kappa shape index (κ2) is 16.8. The summed E-state index contributed by atoms with van der Waals surface area (Å²) in [7, 11) is 1.71. The molecule has 11 heteroatoms. The summed E-state index contributed by atoms with van der Waals surface area (Å²) in [5, 5.41) is 2.80. The van der Waals surface area contributed by atoms with Crippen molar-refractivity contribution in [2.24, 2.45) is 16.6 Å². The summed E-state index contributed by atoms with van der Waals surface area (Å²) in [6.45, 7) is 4.15. The zero-order valence-electron chi connectivity index (χ0n) is 25.3. The van der Waals surface area contributed by atoms with E-state index in [4.69, 9.17) is 19.9 Å². The molecule has 4 rings (SSSR count). The molecule has 0 spiro atoms. The first-order valence-electron chi connectivity index (χ1n) is 14.9. The maximum absolute atomic E-state index is 13.4. The Hall–Kier alpha value is -4.77. The standard InChI is InChI=1S/C33H40N6O5/c1-3-4-8-15-39(33(41)25-12-16-42-17-13-25)30-21-37-31(22-36-30)44-28-19-26(32(40)38-29(34)11-14-35-2)18-27(20-28)43-23-24-9-6-5-7-10-24/h5-7,9-11,14,18-22,25,35H,3-4,8,12-13,15-17,23H2,1-2H3,(H2,34,38,40)/b14-11-. The Balaban J connectivity index is 1.55. The minimum Gasteiger partial charge on any atom is -0.489 e. The Morgan fingerprint density at radius 2 is 1.86 bits per heavy atom. The monoisotopic (exact) mass is 600 g/mol. The lowest BCUT2D eigenvalue weighted by Crippen LogP contribution is -2.39. The molecule has 2 aromatic carbocycles. The van der Waals surface area contributed by atoms with Gasteiger partial charge in [0.1, 0.15) is 23.9 Å². The van der Waals surface area contributed by atoms with E-state index in [0.29, 0.717) is 49.9 Å². The highest BCUT2D eigenvalue weighted by Gasteiger charge is 2.28. The molecule has 232 valence electrons. The van der Waals surface area contributed by atoms with E-state index in [1.165, 1.54) is 18.3 Å². The molecule has 11 nitrogen and oxygen atoms in total. The Morgan fingerprint density at radius 3 is 2.57 bits per heavy atom. The van der Waals surface area contributed by atoms with Gasteiger partial charge >= 0.3 is 0 Å². The third kappa shape index (κ3) is 9.63. The topological polar surface area (TPSA) is 141 Å². The highest BCUT2D eigenvalue weighted by atomic mass is 16.5. The molecule has 1 aliphatic heterocycles. The number of ether oxygens (including phenoxy) is 3. The Kier molecular flexibility index (Phi) is 12.2. The molecule has 0 atom stereocenters. The molecule has 3 N–H and O–H groups in total. The third-order valence-electron chi connectivity index (χ3n) is 6.96. The predicted octanol–water partition coefficient (Wildman–Crippen LogP) is 5.03. The van der Waals surface area contributed by atoms with Crippen molar-refractivity contribution in [2.75, 3.05) is 31.7 Å². The van der Waals surface area contributed by atoms with Gasteiger partial charge in [0.2, 0.25) is 11.8 Å². The van der Waals surface area contributed by atoms with Crippen LogP contribution >= 0.6 is 0 Å². The van der Waals surface area contributed by atoms with Gasteiger partial charge < -0.3 is 25.3 Å². The lowest BCUT2D eigenvalue weighted by Gasteiger charge is -2.28. The van der Waals surface area contributed by atoms with Crippen molar-refractivity contribution >= 4 is 23.5 Å². The molecule has 1 aliphatic rings. The number of aliphatic imine (C=N–C) groups is 1. The zero-order chi connectivity index (χ0) is 31.1. The zero-order valence-corrected chi connectivity index (χ0v) is 25.3. The molecule has 0 radical (unpaired) electrons. The Bertz CT molecular complexity index is 1420. The van der Waals surface area contributed by atoms with Gasteiger partial charge in [-0.2, -0.15) is 4.99 Å². The number of rotatable bonds is 14. The van der Waals surface area contributed by atoms with Crippen LogP contribution in [0.4, 0.5) is 5.82 Å². The summed E-state index contributed by atoms with van der Waals surface area (Å²) in [4.78, 5) is 41.0. The number of amidine groups is 1. The van der Waals surface area contributed by atoms with Crippen LogP contribution in [0.15, 0.2) is 78.2 Å². The van der Waals surface area contributed by atoms with Gasteiger partial charge in [-0.05, 0) is 49.2 Å². The predicted molar refractivity (Wildman–Crippen MR) is 169 cm³/mol. The van der Waals surface area contributed by atoms with E-state index in [1.54, 1.807) is 36.5 Å². The van der Waals surface area contributed by atoms with E-state index in [9.17, 15) is 9.59 Å². The fourth-order valence-corrected chi connectivity index (χ4v) is 4.61. The summed E-state index contributed by atoms with van der Waals surface area (Å²) in [6, 6.07) is 14.5. The minimum atomic E-state index is -0.561. The maximum atomic E-state index is 13.4. The fourth-order valence-electron chi connectivity index (χ4n) is 4.61. The summed E-state index contributed by atoms with van der Waals surface area (Å²) < 4.78 is 17.4. The normalized spacial score (nSPS) is 13.9. The smallest absolute Gasteiger partial charge is 0.279 e. The molecule has 2 amide bonds. The SMILES string of the molecule is CCCCCN(C(=O)C1CCOCC1)c1cnc(Oc2cc(OCc3ccccc3)cc(C(=O)N=C(N)/C=C\NC)c2)cn1. The van der Waals surface area contributed by atoms with Crippen LogP contribution in [-0.2, 0) is 16.1 Å². The van der Waals surface area contributed by atoms with Gasteiger partial charge in [0, 0.05) is 44.4 Å². The first-order chi connectivity index (χ1) is 21.5. The van der Waals surface area contributed by atoms with Crippen molar-refractivity contribution in [3.05, 3.63) is 84.3 Å². The maximum Gasteiger partial charge on any atom is 0.279 e. The van der Waals surface area contributed by atoms with Crippen LogP contribution in [0.25, 0.3) is 0 Å². The van der Waals surface area contributed by atoms with Gasteiger partial charge in [0.15, 0.2) is 5.82 Å². The van der Waals surface area contributed by atoms with Crippen molar-refractivity contribution in [3.8, 4) is 17.4 Å². The number of nitrogens with zero attached hydrogens (tertiary/aromatic N) is 4. The van der Waals surface area contributed by atoms with Crippen molar-refractivity contribution in [3.63, 3.8) is 0 Å². The number of carbonyl (C=O) groups is 2. The van der Waals surface area contributed by atoms with E-state index in [2.05, 4.69) is 27.2 Å². The van der Waals surface area contributed by atoms with Crippen LogP contribution in [-0.4, -0.2) is 54.4 Å². The lowest BCUT2D eigenvalue weighted by atomic mass is 9.98. The van der Waals surface area contributed by atoms with Crippen LogP contribution in [0.3, 0.4) is 0 Å². The minimum absolute atomic E-state index is 0.0441. The molecular formula is C33H40N6O5. The van der Waals surface area contributed by atoms with Crippen LogP contribution in [0.2, 0.25) is 0 Å². The fraction of sp³-hybridized carbons (Fsp3) is 0.364. The van der Waals surface area contributed by atoms with Crippen molar-refractivity contribution in [1.29, 1.82) is 0 Å². The molecule has 0 bridgehead atoms. The van der Waals surface area contributed by atoms with E-state index in [1.807, 2.05) is 30.3 Å². The van der Waals surface area contributed by atoms with Crippen LogP contribution in [0.1, 0.15) is 54.9 Å². The Labute approximate surface area is 258 Å². The van der Waals surface area contributed by atoms with Crippen molar-refractivity contribution < 1.29 is 23.8 Å². The lowest BCUT2D eigenvalue weighted by molar-refractivity contribution is -0.125. The van der Waals surface area contributed by atoms with Gasteiger partial charge in [0.05, 0.1) is 12.4 Å². The molecule has 1 saturated heterocycles. The van der Waals surface area contributed by atoms with E-state index >= 15 is 0 Å². The number of benzene rings is 2. The van der Waals surface area contributed by atoms with Gasteiger partial charge in [-0.15, -0.1) is 0 Å². The first kappa shape index (κ1) is 32.2. The first-order valence-corrected chi connectivity index (χ1v) is 14.9.